The zero-order chi connectivity index (χ0) is 18.6. The average molecular weight is 363 g/mol. The Morgan fingerprint density at radius 2 is 2.19 bits per heavy atom. The number of aromatic amines is 2. The number of rotatable bonds is 1. The molecule has 2 N–H and O–H groups in total. The molecule has 3 heterocycles. The molecule has 27 heavy (non-hydrogen) atoms. The largest absolute Gasteiger partial charge is 0.345 e. The molecule has 1 aliphatic heterocycles. The summed E-state index contributed by atoms with van der Waals surface area (Å²) in [6.07, 6.45) is 5.14. The van der Waals surface area contributed by atoms with Crippen molar-refractivity contribution in [3.63, 3.8) is 0 Å². The Balaban J connectivity index is 1.48. The van der Waals surface area contributed by atoms with E-state index < -0.39 is 0 Å². The lowest BCUT2D eigenvalue weighted by Gasteiger charge is -2.40. The zero-order valence-electron chi connectivity index (χ0n) is 15.2. The van der Waals surface area contributed by atoms with Crippen LogP contribution in [0.25, 0.3) is 11.0 Å². The van der Waals surface area contributed by atoms with E-state index in [0.717, 1.165) is 54.5 Å². The van der Waals surface area contributed by atoms with Crippen LogP contribution < -0.4 is 5.56 Å². The standard InChI is InChI=1S/C20H21N5O2/c1-12-23-17-14(18(26)24-12)5-7-20(17)6-2-8-25(10-20)19(27)13-3-4-15-16(9-13)22-11-21-15/h3-4,9,11H,2,5-8,10H2,1H3,(H,21,22)(H,23,24,26). The van der Waals surface area contributed by atoms with E-state index >= 15 is 0 Å². The van der Waals surface area contributed by atoms with Gasteiger partial charge in [0.25, 0.3) is 11.5 Å². The number of H-pyrrole nitrogens is 2. The average Bonchev–Trinajstić information content (AvgIpc) is 3.26. The van der Waals surface area contributed by atoms with Crippen LogP contribution in [0.2, 0.25) is 0 Å². The van der Waals surface area contributed by atoms with Crippen LogP contribution >= 0.6 is 0 Å². The van der Waals surface area contributed by atoms with Crippen LogP contribution in [0.15, 0.2) is 29.3 Å². The van der Waals surface area contributed by atoms with Gasteiger partial charge < -0.3 is 14.9 Å². The van der Waals surface area contributed by atoms with Gasteiger partial charge in [-0.2, -0.15) is 0 Å². The Hall–Kier alpha value is -2.96. The van der Waals surface area contributed by atoms with Crippen molar-refractivity contribution >= 4 is 16.9 Å². The number of carbonyl (C=O) groups excluding carboxylic acids is 1. The first-order valence-electron chi connectivity index (χ1n) is 9.38. The first-order chi connectivity index (χ1) is 13.1. The van der Waals surface area contributed by atoms with Crippen LogP contribution in [0.1, 0.15) is 46.7 Å². The molecule has 0 radical (unpaired) electrons. The Morgan fingerprint density at radius 1 is 1.30 bits per heavy atom. The van der Waals surface area contributed by atoms with Crippen LogP contribution in [0.4, 0.5) is 0 Å². The van der Waals surface area contributed by atoms with Crippen molar-refractivity contribution in [3.8, 4) is 0 Å². The lowest BCUT2D eigenvalue weighted by Crippen LogP contribution is -2.48. The maximum absolute atomic E-state index is 13.2. The fourth-order valence-corrected chi connectivity index (χ4v) is 4.72. The SMILES string of the molecule is Cc1nc2c(c(=O)[nH]1)CCC21CCCN(C(=O)c2ccc3nc[nH]c3c2)C1. The van der Waals surface area contributed by atoms with Gasteiger partial charge in [-0.05, 0) is 50.8 Å². The Labute approximate surface area is 155 Å². The molecular weight excluding hydrogens is 342 g/mol. The summed E-state index contributed by atoms with van der Waals surface area (Å²) in [6, 6.07) is 5.57. The molecule has 7 nitrogen and oxygen atoms in total. The number of piperidine rings is 1. The Bertz CT molecular complexity index is 1120. The number of aryl methyl sites for hydroxylation is 1. The summed E-state index contributed by atoms with van der Waals surface area (Å²) < 4.78 is 0. The van der Waals surface area contributed by atoms with E-state index in [-0.39, 0.29) is 16.9 Å². The molecule has 2 aromatic heterocycles. The molecule has 1 fully saturated rings. The van der Waals surface area contributed by atoms with Gasteiger partial charge >= 0.3 is 0 Å². The fourth-order valence-electron chi connectivity index (χ4n) is 4.72. The second kappa shape index (κ2) is 5.77. The molecule has 2 aliphatic rings. The predicted molar refractivity (Wildman–Crippen MR) is 101 cm³/mol. The number of imidazole rings is 1. The van der Waals surface area contributed by atoms with Crippen molar-refractivity contribution in [1.29, 1.82) is 0 Å². The summed E-state index contributed by atoms with van der Waals surface area (Å²) in [5.41, 5.74) is 3.87. The minimum atomic E-state index is -0.194. The number of amides is 1. The number of likely N-dealkylation sites (tertiary alicyclic amines) is 1. The number of nitrogens with zero attached hydrogens (tertiary/aromatic N) is 3. The number of aromatic nitrogens is 4. The number of hydrogen-bond acceptors (Lipinski definition) is 4. The molecule has 1 unspecified atom stereocenters. The van der Waals surface area contributed by atoms with Crippen LogP contribution in [-0.4, -0.2) is 43.8 Å². The van der Waals surface area contributed by atoms with Crippen LogP contribution in [0.3, 0.4) is 0 Å². The highest BCUT2D eigenvalue weighted by molar-refractivity contribution is 5.97. The van der Waals surface area contributed by atoms with Crippen molar-refractivity contribution in [2.45, 2.75) is 38.0 Å². The number of hydrogen-bond donors (Lipinski definition) is 2. The summed E-state index contributed by atoms with van der Waals surface area (Å²) in [7, 11) is 0. The van der Waals surface area contributed by atoms with Gasteiger partial charge in [0.1, 0.15) is 5.82 Å². The zero-order valence-corrected chi connectivity index (χ0v) is 15.2. The Morgan fingerprint density at radius 3 is 3.07 bits per heavy atom. The molecule has 1 atom stereocenters. The van der Waals surface area contributed by atoms with Gasteiger partial charge in [-0.3, -0.25) is 9.59 Å². The minimum absolute atomic E-state index is 0.0254. The summed E-state index contributed by atoms with van der Waals surface area (Å²) in [5, 5.41) is 0. The lowest BCUT2D eigenvalue weighted by atomic mass is 9.77. The molecule has 1 aromatic carbocycles. The summed E-state index contributed by atoms with van der Waals surface area (Å²) >= 11 is 0. The Kier molecular flexibility index (Phi) is 3.47. The molecule has 138 valence electrons. The molecule has 1 aliphatic carbocycles. The first kappa shape index (κ1) is 16.2. The van der Waals surface area contributed by atoms with Crippen LogP contribution in [0, 0.1) is 6.92 Å². The molecule has 7 heteroatoms. The molecular formula is C20H21N5O2. The van der Waals surface area contributed by atoms with E-state index in [1.54, 1.807) is 6.33 Å². The molecule has 5 rings (SSSR count). The van der Waals surface area contributed by atoms with Crippen molar-refractivity contribution in [2.24, 2.45) is 0 Å². The van der Waals surface area contributed by atoms with Crippen LogP contribution in [0.5, 0.6) is 0 Å². The van der Waals surface area contributed by atoms with E-state index in [0.29, 0.717) is 17.9 Å². The molecule has 3 aromatic rings. The normalized spacial score (nSPS) is 21.7. The van der Waals surface area contributed by atoms with E-state index in [1.165, 1.54) is 0 Å². The van der Waals surface area contributed by atoms with Crippen molar-refractivity contribution in [3.05, 3.63) is 57.5 Å². The van der Waals surface area contributed by atoms with Gasteiger partial charge in [0.2, 0.25) is 0 Å². The first-order valence-corrected chi connectivity index (χ1v) is 9.38. The maximum Gasteiger partial charge on any atom is 0.254 e. The quantitative estimate of drug-likeness (QED) is 0.692. The summed E-state index contributed by atoms with van der Waals surface area (Å²) in [5.74, 6) is 0.675. The van der Waals surface area contributed by atoms with E-state index in [9.17, 15) is 9.59 Å². The third kappa shape index (κ3) is 2.49. The lowest BCUT2D eigenvalue weighted by molar-refractivity contribution is 0.0633. The number of benzene rings is 1. The van der Waals surface area contributed by atoms with Gasteiger partial charge in [-0.15, -0.1) is 0 Å². The van der Waals surface area contributed by atoms with Gasteiger partial charge in [0.15, 0.2) is 0 Å². The monoisotopic (exact) mass is 363 g/mol. The number of carbonyl (C=O) groups is 1. The topological polar surface area (TPSA) is 94.7 Å². The van der Waals surface area contributed by atoms with Gasteiger partial charge in [0.05, 0.1) is 23.1 Å². The summed E-state index contributed by atoms with van der Waals surface area (Å²) in [6.45, 7) is 3.17. The third-order valence-electron chi connectivity index (χ3n) is 6.02. The minimum Gasteiger partial charge on any atom is -0.345 e. The number of nitrogens with one attached hydrogen (secondary N) is 2. The van der Waals surface area contributed by atoms with Crippen LogP contribution in [-0.2, 0) is 11.8 Å². The van der Waals surface area contributed by atoms with E-state index in [2.05, 4.69) is 19.9 Å². The van der Waals surface area contributed by atoms with Gasteiger partial charge in [-0.25, -0.2) is 9.97 Å². The molecule has 1 spiro atoms. The van der Waals surface area contributed by atoms with Crippen molar-refractivity contribution in [1.82, 2.24) is 24.8 Å². The highest BCUT2D eigenvalue weighted by atomic mass is 16.2. The fraction of sp³-hybridized carbons (Fsp3) is 0.400. The molecule has 1 amide bonds. The highest BCUT2D eigenvalue weighted by Gasteiger charge is 2.45. The smallest absolute Gasteiger partial charge is 0.254 e. The summed E-state index contributed by atoms with van der Waals surface area (Å²) in [4.78, 5) is 42.2. The van der Waals surface area contributed by atoms with E-state index in [4.69, 9.17) is 0 Å². The maximum atomic E-state index is 13.2. The van der Waals surface area contributed by atoms with Crippen molar-refractivity contribution in [2.75, 3.05) is 13.1 Å². The number of fused-ring (bicyclic) bond motifs is 3. The van der Waals surface area contributed by atoms with Crippen molar-refractivity contribution < 1.29 is 4.79 Å². The molecule has 0 saturated carbocycles. The molecule has 1 saturated heterocycles. The third-order valence-corrected chi connectivity index (χ3v) is 6.02. The van der Waals surface area contributed by atoms with Gasteiger partial charge in [-0.1, -0.05) is 0 Å². The highest BCUT2D eigenvalue weighted by Crippen LogP contribution is 2.43. The van der Waals surface area contributed by atoms with Gasteiger partial charge in [0, 0.05) is 29.6 Å². The predicted octanol–water partition coefficient (Wildman–Crippen LogP) is 2.07. The second-order valence-electron chi connectivity index (χ2n) is 7.72. The van der Waals surface area contributed by atoms with E-state index in [1.807, 2.05) is 30.0 Å². The molecule has 0 bridgehead atoms. The second-order valence-corrected chi connectivity index (χ2v) is 7.72.